The maximum atomic E-state index is 10.2. The number of hydrogen-bond acceptors (Lipinski definition) is 5. The van der Waals surface area contributed by atoms with Crippen LogP contribution in [0.1, 0.15) is 0 Å². The van der Waals surface area contributed by atoms with Crippen LogP contribution in [0.3, 0.4) is 0 Å². The molecule has 0 rings (SSSR count). The van der Waals surface area contributed by atoms with Gasteiger partial charge in [-0.1, -0.05) is 6.08 Å². The molecule has 0 aliphatic heterocycles. The summed E-state index contributed by atoms with van der Waals surface area (Å²) in [5.74, 6) is -0.967. The summed E-state index contributed by atoms with van der Waals surface area (Å²) in [6.07, 6.45) is -2.00. The third-order valence-corrected chi connectivity index (χ3v) is 1.86. The van der Waals surface area contributed by atoms with Gasteiger partial charge in [-0.2, -0.15) is 8.42 Å². The van der Waals surface area contributed by atoms with Crippen molar-refractivity contribution in [2.24, 2.45) is 0 Å². The normalized spacial score (nSPS) is 16.5. The highest BCUT2D eigenvalue weighted by Gasteiger charge is 2.22. The first-order valence-corrected chi connectivity index (χ1v) is 5.01. The van der Waals surface area contributed by atoms with Crippen molar-refractivity contribution in [3.8, 4) is 0 Å². The Morgan fingerprint density at radius 3 is 2.38 bits per heavy atom. The summed E-state index contributed by atoms with van der Waals surface area (Å²) in [6.45, 7) is 3.26. The first-order valence-electron chi connectivity index (χ1n) is 3.40. The number of ether oxygens (including phenoxy) is 1. The van der Waals surface area contributed by atoms with E-state index >= 15 is 0 Å². The van der Waals surface area contributed by atoms with E-state index in [2.05, 4.69) is 11.3 Å². The van der Waals surface area contributed by atoms with E-state index in [1.165, 1.54) is 6.08 Å². The highest BCUT2D eigenvalue weighted by atomic mass is 32.2. The van der Waals surface area contributed by atoms with Gasteiger partial charge in [0.1, 0.15) is 11.9 Å². The zero-order chi connectivity index (χ0) is 10.5. The van der Waals surface area contributed by atoms with Crippen LogP contribution in [0.25, 0.3) is 0 Å². The fourth-order valence-corrected chi connectivity index (χ4v) is 1.17. The van der Waals surface area contributed by atoms with E-state index in [4.69, 9.17) is 14.8 Å². The summed E-state index contributed by atoms with van der Waals surface area (Å²) in [4.78, 5) is 0. The summed E-state index contributed by atoms with van der Waals surface area (Å²) in [6, 6.07) is 0. The van der Waals surface area contributed by atoms with Crippen molar-refractivity contribution in [3.63, 3.8) is 0 Å². The predicted octanol–water partition coefficient (Wildman–Crippen LogP) is -1.24. The van der Waals surface area contributed by atoms with Gasteiger partial charge < -0.3 is 14.9 Å². The van der Waals surface area contributed by atoms with E-state index in [0.717, 1.165) is 0 Å². The minimum atomic E-state index is -4.31. The molecule has 0 saturated carbocycles. The smallest absolute Gasteiger partial charge is 0.267 e. The van der Waals surface area contributed by atoms with E-state index in [-0.39, 0.29) is 6.61 Å². The Morgan fingerprint density at radius 2 is 2.00 bits per heavy atom. The second-order valence-electron chi connectivity index (χ2n) is 2.33. The van der Waals surface area contributed by atoms with Gasteiger partial charge in [-0.15, -0.1) is 6.58 Å². The number of rotatable bonds is 6. The minimum Gasteiger partial charge on any atom is -0.387 e. The summed E-state index contributed by atoms with van der Waals surface area (Å²) >= 11 is 0. The van der Waals surface area contributed by atoms with Gasteiger partial charge in [-0.3, -0.25) is 4.55 Å². The molecule has 0 aromatic rings. The molecule has 0 radical (unpaired) electrons. The average Bonchev–Trinajstić information content (AvgIpc) is 1.96. The van der Waals surface area contributed by atoms with Gasteiger partial charge in [0.2, 0.25) is 0 Å². The lowest BCUT2D eigenvalue weighted by molar-refractivity contribution is -0.147. The van der Waals surface area contributed by atoms with E-state index in [1.807, 2.05) is 0 Å². The molecule has 2 unspecified atom stereocenters. The van der Waals surface area contributed by atoms with Gasteiger partial charge in [0.25, 0.3) is 10.1 Å². The highest BCUT2D eigenvalue weighted by molar-refractivity contribution is 7.85. The Labute approximate surface area is 76.2 Å². The average molecular weight is 212 g/mol. The van der Waals surface area contributed by atoms with Crippen LogP contribution in [-0.4, -0.2) is 47.9 Å². The van der Waals surface area contributed by atoms with Crippen LogP contribution in [0.2, 0.25) is 0 Å². The zero-order valence-electron chi connectivity index (χ0n) is 6.83. The summed E-state index contributed by atoms with van der Waals surface area (Å²) < 4.78 is 33.3. The molecule has 0 saturated heterocycles. The van der Waals surface area contributed by atoms with E-state index in [1.54, 1.807) is 0 Å². The molecular formula is C6H12O6S. The second-order valence-corrected chi connectivity index (χ2v) is 3.83. The van der Waals surface area contributed by atoms with E-state index in [9.17, 15) is 8.42 Å². The van der Waals surface area contributed by atoms with Crippen LogP contribution in [0.5, 0.6) is 0 Å². The monoisotopic (exact) mass is 212 g/mol. The van der Waals surface area contributed by atoms with Crippen LogP contribution in [0.4, 0.5) is 0 Å². The van der Waals surface area contributed by atoms with Crippen LogP contribution in [0.15, 0.2) is 12.7 Å². The summed E-state index contributed by atoms with van der Waals surface area (Å²) in [5.41, 5.74) is 0. The third kappa shape index (κ3) is 6.67. The first-order chi connectivity index (χ1) is 5.87. The molecule has 0 bridgehead atoms. The van der Waals surface area contributed by atoms with Crippen LogP contribution < -0.4 is 0 Å². The van der Waals surface area contributed by atoms with E-state index in [0.29, 0.717) is 0 Å². The molecule has 0 heterocycles. The maximum absolute atomic E-state index is 10.2. The molecule has 0 aliphatic rings. The molecule has 3 N–H and O–H groups in total. The van der Waals surface area contributed by atoms with Crippen molar-refractivity contribution in [1.82, 2.24) is 0 Å². The first kappa shape index (κ1) is 12.5. The van der Waals surface area contributed by atoms with Crippen molar-refractivity contribution in [3.05, 3.63) is 12.7 Å². The Morgan fingerprint density at radius 1 is 1.46 bits per heavy atom. The molecule has 0 amide bonds. The van der Waals surface area contributed by atoms with Crippen molar-refractivity contribution in [2.75, 3.05) is 12.4 Å². The Hall–Kier alpha value is -0.470. The molecule has 0 aromatic heterocycles. The number of aliphatic hydroxyl groups is 2. The van der Waals surface area contributed by atoms with Crippen molar-refractivity contribution in [1.29, 1.82) is 0 Å². The lowest BCUT2D eigenvalue weighted by atomic mass is 10.4. The third-order valence-electron chi connectivity index (χ3n) is 1.10. The number of aliphatic hydroxyl groups excluding tert-OH is 2. The standard InChI is InChI=1S/C6H12O6S/c1-2-3-12-6(8)5(7)4-13(9,10)11/h2,5-8H,1,3-4H2,(H,9,10,11). The molecule has 0 aliphatic carbocycles. The maximum Gasteiger partial charge on any atom is 0.267 e. The van der Waals surface area contributed by atoms with Gasteiger partial charge >= 0.3 is 0 Å². The molecule has 6 nitrogen and oxygen atoms in total. The van der Waals surface area contributed by atoms with Crippen LogP contribution in [0, 0.1) is 0 Å². The molecule has 7 heteroatoms. The van der Waals surface area contributed by atoms with Crippen molar-refractivity contribution >= 4 is 10.1 Å². The summed E-state index contributed by atoms with van der Waals surface area (Å²) in [5, 5.41) is 17.8. The zero-order valence-corrected chi connectivity index (χ0v) is 7.64. The fraction of sp³-hybridized carbons (Fsp3) is 0.667. The largest absolute Gasteiger partial charge is 0.387 e. The van der Waals surface area contributed by atoms with Crippen LogP contribution >= 0.6 is 0 Å². The summed E-state index contributed by atoms with van der Waals surface area (Å²) in [7, 11) is -4.31. The highest BCUT2D eigenvalue weighted by Crippen LogP contribution is 1.99. The Balaban J connectivity index is 3.96. The van der Waals surface area contributed by atoms with Gasteiger partial charge in [0.05, 0.1) is 6.61 Å². The quantitative estimate of drug-likeness (QED) is 0.289. The Bertz CT molecular complexity index is 246. The topological polar surface area (TPSA) is 104 Å². The van der Waals surface area contributed by atoms with E-state index < -0.39 is 28.3 Å². The lowest BCUT2D eigenvalue weighted by Gasteiger charge is -2.15. The molecule has 13 heavy (non-hydrogen) atoms. The van der Waals surface area contributed by atoms with Crippen LogP contribution in [-0.2, 0) is 14.9 Å². The molecule has 0 aromatic carbocycles. The fourth-order valence-electron chi connectivity index (χ4n) is 0.576. The number of hydrogen-bond donors (Lipinski definition) is 3. The van der Waals surface area contributed by atoms with Gasteiger partial charge in [-0.25, -0.2) is 0 Å². The molecule has 0 spiro atoms. The van der Waals surface area contributed by atoms with Gasteiger partial charge in [0, 0.05) is 0 Å². The second kappa shape index (κ2) is 5.30. The molecule has 2 atom stereocenters. The molecule has 0 fully saturated rings. The molecular weight excluding hydrogens is 200 g/mol. The van der Waals surface area contributed by atoms with Crippen molar-refractivity contribution < 1.29 is 27.9 Å². The van der Waals surface area contributed by atoms with Gasteiger partial charge in [-0.05, 0) is 0 Å². The van der Waals surface area contributed by atoms with Gasteiger partial charge in [0.15, 0.2) is 6.29 Å². The van der Waals surface area contributed by atoms with Crippen molar-refractivity contribution in [2.45, 2.75) is 12.4 Å². The Kier molecular flexibility index (Phi) is 5.11. The lowest BCUT2D eigenvalue weighted by Crippen LogP contribution is -2.34. The predicted molar refractivity (Wildman–Crippen MR) is 44.6 cm³/mol. The molecule has 78 valence electrons. The SMILES string of the molecule is C=CCOC(O)C(O)CS(=O)(=O)O. The minimum absolute atomic E-state index is 0.0241.